The van der Waals surface area contributed by atoms with Crippen LogP contribution in [0.15, 0.2) is 48.5 Å². The van der Waals surface area contributed by atoms with Gasteiger partial charge in [-0.1, -0.05) is 23.7 Å². The Morgan fingerprint density at radius 2 is 1.68 bits per heavy atom. The Bertz CT molecular complexity index is 815. The highest BCUT2D eigenvalue weighted by Crippen LogP contribution is 2.18. The predicted octanol–water partition coefficient (Wildman–Crippen LogP) is 3.77. The van der Waals surface area contributed by atoms with Crippen LogP contribution in [0.3, 0.4) is 0 Å². The lowest BCUT2D eigenvalue weighted by molar-refractivity contribution is 0.0630. The zero-order valence-electron chi connectivity index (χ0n) is 16.1. The number of Topliss-reactive ketones (excluding diaryl/α,β-unsaturated/α-hetero) is 1. The van der Waals surface area contributed by atoms with Crippen molar-refractivity contribution in [2.75, 3.05) is 39.3 Å². The maximum atomic E-state index is 12.6. The average molecular weight is 401 g/mol. The molecule has 0 atom stereocenters. The first-order chi connectivity index (χ1) is 13.5. The van der Waals surface area contributed by atoms with Gasteiger partial charge in [0, 0.05) is 38.3 Å². The molecule has 0 saturated carbocycles. The van der Waals surface area contributed by atoms with Gasteiger partial charge in [-0.2, -0.15) is 0 Å². The summed E-state index contributed by atoms with van der Waals surface area (Å²) in [5.41, 5.74) is 1.26. The summed E-state index contributed by atoms with van der Waals surface area (Å²) in [6, 6.07) is 14.4. The monoisotopic (exact) mass is 400 g/mol. The minimum Gasteiger partial charge on any atom is -0.494 e. The van der Waals surface area contributed by atoms with Gasteiger partial charge in [-0.15, -0.1) is 0 Å². The van der Waals surface area contributed by atoms with Gasteiger partial charge in [-0.3, -0.25) is 14.5 Å². The van der Waals surface area contributed by atoms with Gasteiger partial charge < -0.3 is 9.64 Å². The summed E-state index contributed by atoms with van der Waals surface area (Å²) in [6.07, 6.45) is 0.910. The molecule has 0 aromatic heterocycles. The van der Waals surface area contributed by atoms with Crippen molar-refractivity contribution < 1.29 is 14.3 Å². The zero-order chi connectivity index (χ0) is 19.9. The molecule has 0 radical (unpaired) electrons. The molecule has 0 unspecified atom stereocenters. The average Bonchev–Trinajstić information content (AvgIpc) is 2.72. The molecule has 2 aromatic rings. The van der Waals surface area contributed by atoms with E-state index in [2.05, 4.69) is 4.90 Å². The smallest absolute Gasteiger partial charge is 0.255 e. The van der Waals surface area contributed by atoms with E-state index >= 15 is 0 Å². The van der Waals surface area contributed by atoms with Crippen LogP contribution in [-0.4, -0.2) is 60.8 Å². The van der Waals surface area contributed by atoms with E-state index in [4.69, 9.17) is 16.3 Å². The summed E-state index contributed by atoms with van der Waals surface area (Å²) in [4.78, 5) is 28.1. The maximum absolute atomic E-state index is 12.6. The molecule has 148 valence electrons. The third-order valence-electron chi connectivity index (χ3n) is 4.91. The number of halogens is 1. The molecule has 1 aliphatic rings. The second-order valence-corrected chi connectivity index (χ2v) is 7.30. The highest BCUT2D eigenvalue weighted by molar-refractivity contribution is 6.33. The number of hydrogen-bond acceptors (Lipinski definition) is 4. The summed E-state index contributed by atoms with van der Waals surface area (Å²) in [7, 11) is 0. The van der Waals surface area contributed by atoms with Crippen LogP contribution in [-0.2, 0) is 0 Å². The molecule has 6 heteroatoms. The molecule has 2 aromatic carbocycles. The molecule has 0 bridgehead atoms. The Morgan fingerprint density at radius 3 is 2.32 bits per heavy atom. The molecule has 1 fully saturated rings. The minimum absolute atomic E-state index is 0.00240. The molecule has 0 spiro atoms. The van der Waals surface area contributed by atoms with E-state index in [1.807, 2.05) is 29.2 Å². The number of rotatable bonds is 7. The fourth-order valence-electron chi connectivity index (χ4n) is 3.24. The second-order valence-electron chi connectivity index (χ2n) is 6.90. The fourth-order valence-corrected chi connectivity index (χ4v) is 3.46. The van der Waals surface area contributed by atoms with Crippen molar-refractivity contribution >= 4 is 23.3 Å². The Kier molecular flexibility index (Phi) is 7.06. The third kappa shape index (κ3) is 5.33. The molecule has 3 rings (SSSR count). The summed E-state index contributed by atoms with van der Waals surface area (Å²) in [5.74, 6) is 0.835. The van der Waals surface area contributed by atoms with E-state index in [1.165, 1.54) is 0 Å². The Balaban J connectivity index is 1.37. The van der Waals surface area contributed by atoms with Crippen LogP contribution in [0.5, 0.6) is 5.75 Å². The Morgan fingerprint density at radius 1 is 1.00 bits per heavy atom. The molecule has 1 amide bonds. The third-order valence-corrected chi connectivity index (χ3v) is 5.24. The van der Waals surface area contributed by atoms with Gasteiger partial charge in [-0.05, 0) is 49.7 Å². The Hall–Kier alpha value is -2.37. The molecule has 0 aliphatic carbocycles. The van der Waals surface area contributed by atoms with Crippen molar-refractivity contribution in [3.05, 3.63) is 64.7 Å². The molecular weight excluding hydrogens is 376 g/mol. The topological polar surface area (TPSA) is 49.9 Å². The lowest BCUT2D eigenvalue weighted by Gasteiger charge is -2.34. The first kappa shape index (κ1) is 20.4. The van der Waals surface area contributed by atoms with Crippen molar-refractivity contribution in [1.29, 1.82) is 0 Å². The summed E-state index contributed by atoms with van der Waals surface area (Å²) in [5, 5.41) is 0.503. The number of benzene rings is 2. The van der Waals surface area contributed by atoms with Crippen LogP contribution in [0.1, 0.15) is 34.1 Å². The normalized spacial score (nSPS) is 14.7. The van der Waals surface area contributed by atoms with Crippen LogP contribution in [0.2, 0.25) is 5.02 Å². The van der Waals surface area contributed by atoms with E-state index in [9.17, 15) is 9.59 Å². The zero-order valence-corrected chi connectivity index (χ0v) is 16.8. The van der Waals surface area contributed by atoms with Crippen molar-refractivity contribution in [2.24, 2.45) is 0 Å². The van der Waals surface area contributed by atoms with Gasteiger partial charge in [0.1, 0.15) is 5.75 Å². The van der Waals surface area contributed by atoms with E-state index in [1.54, 1.807) is 31.2 Å². The SMILES string of the molecule is CC(=O)c1ccc(OCCCN2CCN(C(=O)c3ccccc3Cl)CC2)cc1. The number of ketones is 1. The lowest BCUT2D eigenvalue weighted by atomic mass is 10.1. The fraction of sp³-hybridized carbons (Fsp3) is 0.364. The van der Waals surface area contributed by atoms with Gasteiger partial charge in [0.15, 0.2) is 5.78 Å². The van der Waals surface area contributed by atoms with Crippen LogP contribution in [0.4, 0.5) is 0 Å². The molecule has 1 saturated heterocycles. The lowest BCUT2D eigenvalue weighted by Crippen LogP contribution is -2.49. The van der Waals surface area contributed by atoms with Gasteiger partial charge in [0.2, 0.25) is 0 Å². The minimum atomic E-state index is 0.00240. The first-order valence-electron chi connectivity index (χ1n) is 9.54. The van der Waals surface area contributed by atoms with Gasteiger partial charge in [0.25, 0.3) is 5.91 Å². The number of carbonyl (C=O) groups excluding carboxylic acids is 2. The van der Waals surface area contributed by atoms with E-state index in [0.29, 0.717) is 35.8 Å². The standard InChI is InChI=1S/C22H25ClN2O3/c1-17(26)18-7-9-19(10-8-18)28-16-4-11-24-12-14-25(15-13-24)22(27)20-5-2-3-6-21(20)23/h2-3,5-10H,4,11-16H2,1H3. The summed E-state index contributed by atoms with van der Waals surface area (Å²) >= 11 is 6.14. The molecule has 1 heterocycles. The van der Waals surface area contributed by atoms with Gasteiger partial charge >= 0.3 is 0 Å². The van der Waals surface area contributed by atoms with Crippen LogP contribution in [0, 0.1) is 0 Å². The molecular formula is C22H25ClN2O3. The number of piperazine rings is 1. The molecule has 1 aliphatic heterocycles. The highest BCUT2D eigenvalue weighted by Gasteiger charge is 2.23. The summed E-state index contributed by atoms with van der Waals surface area (Å²) in [6.45, 7) is 6.22. The quantitative estimate of drug-likeness (QED) is 0.524. The van der Waals surface area contributed by atoms with E-state index < -0.39 is 0 Å². The number of amides is 1. The van der Waals surface area contributed by atoms with Gasteiger partial charge in [0.05, 0.1) is 17.2 Å². The largest absolute Gasteiger partial charge is 0.494 e. The maximum Gasteiger partial charge on any atom is 0.255 e. The highest BCUT2D eigenvalue weighted by atomic mass is 35.5. The van der Waals surface area contributed by atoms with Gasteiger partial charge in [-0.25, -0.2) is 0 Å². The number of nitrogens with zero attached hydrogens (tertiary/aromatic N) is 2. The van der Waals surface area contributed by atoms with Crippen molar-refractivity contribution in [1.82, 2.24) is 9.80 Å². The van der Waals surface area contributed by atoms with Crippen molar-refractivity contribution in [3.63, 3.8) is 0 Å². The van der Waals surface area contributed by atoms with E-state index in [0.717, 1.165) is 31.8 Å². The second kappa shape index (κ2) is 9.71. The van der Waals surface area contributed by atoms with Crippen molar-refractivity contribution in [2.45, 2.75) is 13.3 Å². The van der Waals surface area contributed by atoms with Crippen LogP contribution in [0.25, 0.3) is 0 Å². The molecule has 5 nitrogen and oxygen atoms in total. The number of ether oxygens (including phenoxy) is 1. The van der Waals surface area contributed by atoms with Crippen molar-refractivity contribution in [3.8, 4) is 5.75 Å². The number of hydrogen-bond donors (Lipinski definition) is 0. The predicted molar refractivity (Wildman–Crippen MR) is 110 cm³/mol. The van der Waals surface area contributed by atoms with E-state index in [-0.39, 0.29) is 11.7 Å². The first-order valence-corrected chi connectivity index (χ1v) is 9.92. The number of carbonyl (C=O) groups is 2. The summed E-state index contributed by atoms with van der Waals surface area (Å²) < 4.78 is 5.74. The molecule has 0 N–H and O–H groups in total. The van der Waals surface area contributed by atoms with Crippen LogP contribution >= 0.6 is 11.6 Å². The Labute approximate surface area is 170 Å². The molecule has 28 heavy (non-hydrogen) atoms. The van der Waals surface area contributed by atoms with Crippen LogP contribution < -0.4 is 4.74 Å².